The Labute approximate surface area is 259 Å². The highest BCUT2D eigenvalue weighted by molar-refractivity contribution is 7.91. The van der Waals surface area contributed by atoms with Gasteiger partial charge in [0.2, 0.25) is 11.8 Å². The zero-order chi connectivity index (χ0) is 33.0. The van der Waals surface area contributed by atoms with Crippen LogP contribution in [-0.4, -0.2) is 49.5 Å². The molecule has 8 heteroatoms. The highest BCUT2D eigenvalue weighted by atomic mass is 32.2. The molecular weight excluding hydrogens is 548 g/mol. The van der Waals surface area contributed by atoms with Crippen LogP contribution in [0.5, 0.6) is 0 Å². The number of primary amides is 1. The van der Waals surface area contributed by atoms with Crippen LogP contribution >= 0.6 is 0 Å². The van der Waals surface area contributed by atoms with Crippen molar-refractivity contribution in [2.75, 3.05) is 18.1 Å². The Morgan fingerprint density at radius 3 is 1.81 bits per heavy atom. The second kappa shape index (κ2) is 29.2. The zero-order valence-corrected chi connectivity index (χ0v) is 29.3. The number of unbranched alkanes of at least 4 members (excludes halogenated alkanes) is 3. The number of rotatable bonds is 17. The third-order valence-electron chi connectivity index (χ3n) is 6.40. The van der Waals surface area contributed by atoms with Crippen molar-refractivity contribution in [1.29, 1.82) is 0 Å². The van der Waals surface area contributed by atoms with Crippen molar-refractivity contribution in [3.05, 3.63) is 35.9 Å². The Kier molecular flexibility index (Phi) is 30.9. The smallest absolute Gasteiger partial charge is 0.222 e. The molecule has 1 aromatic carbocycles. The maximum absolute atomic E-state index is 11.4. The van der Waals surface area contributed by atoms with Gasteiger partial charge in [0.25, 0.3) is 0 Å². The SMILES string of the molecule is CCCCCCC(C)C.CCCS(=O)(=O)CCC(N)=O.CC[C@H](C)C(=O)NCC(O)CCC(C)C.Cc1ccccc1. The number of aryl methyl sites for hydroxylation is 1. The summed E-state index contributed by atoms with van der Waals surface area (Å²) in [6.07, 6.45) is 9.79. The molecule has 0 aromatic heterocycles. The van der Waals surface area contributed by atoms with Crippen LogP contribution in [0.3, 0.4) is 0 Å². The predicted octanol–water partition coefficient (Wildman–Crippen LogP) is 7.24. The number of carbonyl (C=O) groups excluding carboxylic acids is 2. The lowest BCUT2D eigenvalue weighted by Crippen LogP contribution is -2.35. The van der Waals surface area contributed by atoms with Crippen LogP contribution in [0, 0.1) is 24.7 Å². The Hall–Kier alpha value is -1.93. The topological polar surface area (TPSA) is 127 Å². The molecule has 1 rings (SSSR count). The van der Waals surface area contributed by atoms with Crippen molar-refractivity contribution in [2.45, 2.75) is 133 Å². The Balaban J connectivity index is -0.000000501. The van der Waals surface area contributed by atoms with Gasteiger partial charge in [0, 0.05) is 24.6 Å². The van der Waals surface area contributed by atoms with Crippen molar-refractivity contribution in [1.82, 2.24) is 5.32 Å². The minimum atomic E-state index is -3.03. The van der Waals surface area contributed by atoms with Gasteiger partial charge in [-0.2, -0.15) is 0 Å². The van der Waals surface area contributed by atoms with Crippen molar-refractivity contribution >= 4 is 21.7 Å². The van der Waals surface area contributed by atoms with Crippen LogP contribution < -0.4 is 11.1 Å². The van der Waals surface area contributed by atoms with Crippen LogP contribution in [0.1, 0.15) is 125 Å². The molecule has 0 aliphatic carbocycles. The first-order chi connectivity index (χ1) is 19.6. The van der Waals surface area contributed by atoms with Gasteiger partial charge < -0.3 is 16.2 Å². The largest absolute Gasteiger partial charge is 0.391 e. The number of sulfone groups is 1. The van der Waals surface area contributed by atoms with Gasteiger partial charge in [-0.1, -0.05) is 123 Å². The fraction of sp³-hybridized carbons (Fsp3) is 0.765. The third kappa shape index (κ3) is 36.1. The van der Waals surface area contributed by atoms with Crippen LogP contribution in [0.25, 0.3) is 0 Å². The number of benzene rings is 1. The van der Waals surface area contributed by atoms with Gasteiger partial charge in [-0.25, -0.2) is 8.42 Å². The van der Waals surface area contributed by atoms with E-state index in [9.17, 15) is 23.1 Å². The number of nitrogens with one attached hydrogen (secondary N) is 1. The van der Waals surface area contributed by atoms with E-state index in [1.54, 1.807) is 6.92 Å². The fourth-order valence-corrected chi connectivity index (χ4v) is 4.73. The van der Waals surface area contributed by atoms with Crippen molar-refractivity contribution in [2.24, 2.45) is 23.5 Å². The van der Waals surface area contributed by atoms with E-state index in [1.165, 1.54) is 37.7 Å². The molecule has 42 heavy (non-hydrogen) atoms. The molecule has 0 aliphatic rings. The average Bonchev–Trinajstić information content (AvgIpc) is 2.92. The standard InChI is InChI=1S/C12H25NO2.C9H20.C7H8.C6H13NO3S/c1-5-10(4)12(15)13-8-11(14)7-6-9(2)3;1-4-5-6-7-8-9(2)3;1-7-5-3-2-4-6-7;1-2-4-11(9,10)5-3-6(7)8/h9-11,14H,5-8H2,1-4H3,(H,13,15);9H,4-8H2,1-3H3;2-6H,1H3;2-5H2,1H3,(H2,7,8)/t10-,11?;;;/m0.../s1. The van der Waals surface area contributed by atoms with E-state index in [0.717, 1.165) is 25.2 Å². The fourth-order valence-electron chi connectivity index (χ4n) is 3.39. The Morgan fingerprint density at radius 2 is 1.40 bits per heavy atom. The minimum Gasteiger partial charge on any atom is -0.391 e. The first-order valence-electron chi connectivity index (χ1n) is 16.1. The molecule has 0 radical (unpaired) electrons. The highest BCUT2D eigenvalue weighted by Crippen LogP contribution is 2.09. The molecule has 2 atom stereocenters. The lowest BCUT2D eigenvalue weighted by molar-refractivity contribution is -0.125. The van der Waals surface area contributed by atoms with E-state index >= 15 is 0 Å². The van der Waals surface area contributed by atoms with E-state index < -0.39 is 21.8 Å². The molecule has 0 saturated heterocycles. The summed E-state index contributed by atoms with van der Waals surface area (Å²) in [5.41, 5.74) is 6.11. The molecule has 0 fully saturated rings. The molecule has 1 aromatic rings. The van der Waals surface area contributed by atoms with Crippen LogP contribution in [-0.2, 0) is 19.4 Å². The molecule has 4 N–H and O–H groups in total. The summed E-state index contributed by atoms with van der Waals surface area (Å²) in [6, 6.07) is 10.3. The number of aliphatic hydroxyl groups excluding tert-OH is 1. The quantitative estimate of drug-likeness (QED) is 0.159. The Morgan fingerprint density at radius 1 is 0.833 bits per heavy atom. The minimum absolute atomic E-state index is 0.0427. The number of nitrogens with two attached hydrogens (primary N) is 1. The normalized spacial score (nSPS) is 12.1. The van der Waals surface area contributed by atoms with Crippen molar-refractivity contribution in [3.63, 3.8) is 0 Å². The van der Waals surface area contributed by atoms with E-state index in [0.29, 0.717) is 18.9 Å². The number of hydrogen-bond donors (Lipinski definition) is 3. The van der Waals surface area contributed by atoms with Crippen LogP contribution in [0.4, 0.5) is 0 Å². The summed E-state index contributed by atoms with van der Waals surface area (Å²) in [5, 5.41) is 12.4. The molecule has 1 unspecified atom stereocenters. The summed E-state index contributed by atoms with van der Waals surface area (Å²) in [5.74, 6) is 1.05. The predicted molar refractivity (Wildman–Crippen MR) is 180 cm³/mol. The van der Waals surface area contributed by atoms with Gasteiger partial charge in [0.05, 0.1) is 11.9 Å². The summed E-state index contributed by atoms with van der Waals surface area (Å²) >= 11 is 0. The first kappa shape index (κ1) is 44.5. The van der Waals surface area contributed by atoms with Crippen molar-refractivity contribution < 1.29 is 23.1 Å². The van der Waals surface area contributed by atoms with E-state index in [4.69, 9.17) is 5.73 Å². The van der Waals surface area contributed by atoms with Gasteiger partial charge in [0.1, 0.15) is 0 Å². The number of carbonyl (C=O) groups is 2. The molecule has 0 saturated carbocycles. The molecule has 0 aliphatic heterocycles. The van der Waals surface area contributed by atoms with Gasteiger partial charge in [-0.3, -0.25) is 9.59 Å². The second-order valence-corrected chi connectivity index (χ2v) is 14.2. The lowest BCUT2D eigenvalue weighted by Gasteiger charge is -2.15. The van der Waals surface area contributed by atoms with Gasteiger partial charge in [0.15, 0.2) is 9.84 Å². The molecule has 0 heterocycles. The van der Waals surface area contributed by atoms with Gasteiger partial charge >= 0.3 is 0 Å². The third-order valence-corrected chi connectivity index (χ3v) is 8.26. The number of amides is 2. The number of aliphatic hydroxyl groups is 1. The van der Waals surface area contributed by atoms with E-state index in [1.807, 2.05) is 32.0 Å². The maximum Gasteiger partial charge on any atom is 0.222 e. The van der Waals surface area contributed by atoms with Gasteiger partial charge in [-0.15, -0.1) is 0 Å². The summed E-state index contributed by atoms with van der Waals surface area (Å²) in [6.45, 7) is 19.2. The molecular formula is C34H66N2O5S. The second-order valence-electron chi connectivity index (χ2n) is 11.9. The molecule has 0 spiro atoms. The summed E-state index contributed by atoms with van der Waals surface area (Å²) in [4.78, 5) is 21.6. The molecule has 2 amide bonds. The summed E-state index contributed by atoms with van der Waals surface area (Å²) in [7, 11) is -3.03. The first-order valence-corrected chi connectivity index (χ1v) is 17.9. The highest BCUT2D eigenvalue weighted by Gasteiger charge is 2.12. The monoisotopic (exact) mass is 614 g/mol. The molecule has 7 nitrogen and oxygen atoms in total. The Bertz CT molecular complexity index is 858. The van der Waals surface area contributed by atoms with Crippen LogP contribution in [0.15, 0.2) is 30.3 Å². The van der Waals surface area contributed by atoms with Crippen molar-refractivity contribution in [3.8, 4) is 0 Å². The van der Waals surface area contributed by atoms with E-state index in [2.05, 4.69) is 59.0 Å². The average molecular weight is 615 g/mol. The lowest BCUT2D eigenvalue weighted by atomic mass is 10.0. The van der Waals surface area contributed by atoms with Gasteiger partial charge in [-0.05, 0) is 44.4 Å². The molecule has 248 valence electrons. The number of hydrogen-bond acceptors (Lipinski definition) is 5. The maximum atomic E-state index is 11.4. The van der Waals surface area contributed by atoms with E-state index in [-0.39, 0.29) is 29.8 Å². The zero-order valence-electron chi connectivity index (χ0n) is 28.5. The van der Waals surface area contributed by atoms with Crippen LogP contribution in [0.2, 0.25) is 0 Å². The molecule has 0 bridgehead atoms. The summed E-state index contributed by atoms with van der Waals surface area (Å²) < 4.78 is 21.9.